The first-order chi connectivity index (χ1) is 7.67. The fourth-order valence-corrected chi connectivity index (χ4v) is 5.57. The minimum Gasteiger partial charge on any atom is -0.480 e. The van der Waals surface area contributed by atoms with Crippen LogP contribution in [0, 0.1) is 5.92 Å². The summed E-state index contributed by atoms with van der Waals surface area (Å²) in [6, 6.07) is 0. The number of aliphatic carboxylic acids is 1. The fourth-order valence-electron chi connectivity index (χ4n) is 2.49. The fraction of sp³-hybridized carbons (Fsp3) is 0.917. The van der Waals surface area contributed by atoms with Crippen LogP contribution < -0.4 is 0 Å². The van der Waals surface area contributed by atoms with Crippen LogP contribution in [0.2, 0.25) is 0 Å². The molecule has 1 fully saturated rings. The lowest BCUT2D eigenvalue weighted by Crippen LogP contribution is -2.41. The van der Waals surface area contributed by atoms with Gasteiger partial charge in [0.1, 0.15) is 0 Å². The highest BCUT2D eigenvalue weighted by Crippen LogP contribution is 2.49. The van der Waals surface area contributed by atoms with Crippen molar-refractivity contribution in [2.45, 2.75) is 50.0 Å². The smallest absolute Gasteiger partial charge is 0.330 e. The normalized spacial score (nSPS) is 18.6. The first kappa shape index (κ1) is 14.2. The summed E-state index contributed by atoms with van der Waals surface area (Å²) in [5.41, 5.74) is 0. The van der Waals surface area contributed by atoms with E-state index in [0.717, 1.165) is 24.3 Å². The first-order valence-electron chi connectivity index (χ1n) is 6.18. The van der Waals surface area contributed by atoms with E-state index in [1.807, 2.05) is 0 Å². The number of carboxylic acids is 1. The van der Waals surface area contributed by atoms with Gasteiger partial charge in [0.25, 0.3) is 0 Å². The van der Waals surface area contributed by atoms with Crippen molar-refractivity contribution in [1.29, 1.82) is 0 Å². The Morgan fingerprint density at radius 2 is 1.69 bits per heavy atom. The molecule has 0 spiro atoms. The Bertz CT molecular complexity index is 219. The number of carbonyl (C=O) groups is 1. The van der Waals surface area contributed by atoms with Crippen molar-refractivity contribution < 1.29 is 9.90 Å². The van der Waals surface area contributed by atoms with Gasteiger partial charge < -0.3 is 5.11 Å². The molecule has 0 unspecified atom stereocenters. The number of thioether (sulfide) groups is 2. The molecule has 1 N–H and O–H groups in total. The topological polar surface area (TPSA) is 37.3 Å². The molecule has 0 aromatic carbocycles. The zero-order valence-corrected chi connectivity index (χ0v) is 11.8. The first-order valence-corrected chi connectivity index (χ1v) is 8.15. The Kier molecular flexibility index (Phi) is 6.05. The lowest BCUT2D eigenvalue weighted by Gasteiger charge is -2.38. The second-order valence-corrected chi connectivity index (χ2v) is 7.45. The maximum atomic E-state index is 11.7. The highest BCUT2D eigenvalue weighted by atomic mass is 32.2. The van der Waals surface area contributed by atoms with Crippen molar-refractivity contribution in [3.63, 3.8) is 0 Å². The molecule has 0 bridgehead atoms. The van der Waals surface area contributed by atoms with E-state index in [4.69, 9.17) is 0 Å². The van der Waals surface area contributed by atoms with Crippen molar-refractivity contribution in [2.24, 2.45) is 5.92 Å². The van der Waals surface area contributed by atoms with E-state index in [1.165, 1.54) is 19.3 Å². The predicted octanol–water partition coefficient (Wildman–Crippen LogP) is 3.85. The standard InChI is InChI=1S/C12H22O2S2/c1-3-15-12(11(13)14,16-4-2)10-8-6-5-7-9-10/h10H,3-9H2,1-2H3,(H,13,14). The van der Waals surface area contributed by atoms with E-state index in [-0.39, 0.29) is 0 Å². The van der Waals surface area contributed by atoms with Gasteiger partial charge >= 0.3 is 5.97 Å². The molecule has 94 valence electrons. The van der Waals surface area contributed by atoms with Gasteiger partial charge in [-0.15, -0.1) is 23.5 Å². The van der Waals surface area contributed by atoms with Crippen LogP contribution in [-0.4, -0.2) is 26.7 Å². The molecule has 0 radical (unpaired) electrons. The van der Waals surface area contributed by atoms with Gasteiger partial charge in [0, 0.05) is 0 Å². The molecule has 1 saturated carbocycles. The third-order valence-corrected chi connectivity index (χ3v) is 6.32. The summed E-state index contributed by atoms with van der Waals surface area (Å²) in [5.74, 6) is 1.51. The average molecular weight is 262 g/mol. The van der Waals surface area contributed by atoms with Crippen molar-refractivity contribution >= 4 is 29.5 Å². The third-order valence-electron chi connectivity index (χ3n) is 3.16. The van der Waals surface area contributed by atoms with Gasteiger partial charge in [-0.25, -0.2) is 4.79 Å². The second-order valence-electron chi connectivity index (χ2n) is 4.17. The van der Waals surface area contributed by atoms with Gasteiger partial charge in [-0.1, -0.05) is 33.1 Å². The summed E-state index contributed by atoms with van der Waals surface area (Å²) >= 11 is 3.25. The molecular formula is C12H22O2S2. The summed E-state index contributed by atoms with van der Waals surface area (Å²) in [7, 11) is 0. The largest absolute Gasteiger partial charge is 0.480 e. The number of rotatable bonds is 6. The van der Waals surface area contributed by atoms with E-state index < -0.39 is 10.0 Å². The second kappa shape index (κ2) is 6.80. The molecule has 0 heterocycles. The van der Waals surface area contributed by atoms with Crippen molar-refractivity contribution in [2.75, 3.05) is 11.5 Å². The maximum absolute atomic E-state index is 11.7. The number of hydrogen-bond acceptors (Lipinski definition) is 3. The average Bonchev–Trinajstić information content (AvgIpc) is 2.29. The minimum absolute atomic E-state index is 0.355. The summed E-state index contributed by atoms with van der Waals surface area (Å²) in [6.07, 6.45) is 5.86. The monoisotopic (exact) mass is 262 g/mol. The Balaban J connectivity index is 2.84. The van der Waals surface area contributed by atoms with Crippen molar-refractivity contribution in [1.82, 2.24) is 0 Å². The Hall–Kier alpha value is 0.170. The van der Waals surface area contributed by atoms with Crippen LogP contribution in [-0.2, 0) is 4.79 Å². The lowest BCUT2D eigenvalue weighted by atomic mass is 9.86. The van der Waals surface area contributed by atoms with Gasteiger partial charge in [-0.05, 0) is 30.3 Å². The van der Waals surface area contributed by atoms with E-state index >= 15 is 0 Å². The van der Waals surface area contributed by atoms with Crippen molar-refractivity contribution in [3.05, 3.63) is 0 Å². The molecule has 0 aromatic heterocycles. The molecule has 0 aromatic rings. The highest BCUT2D eigenvalue weighted by molar-refractivity contribution is 8.19. The lowest BCUT2D eigenvalue weighted by molar-refractivity contribution is -0.138. The van der Waals surface area contributed by atoms with Gasteiger partial charge in [0.2, 0.25) is 0 Å². The summed E-state index contributed by atoms with van der Waals surface area (Å²) in [5, 5.41) is 9.60. The van der Waals surface area contributed by atoms with E-state index in [9.17, 15) is 9.90 Å². The van der Waals surface area contributed by atoms with E-state index in [2.05, 4.69) is 13.8 Å². The molecule has 1 aliphatic rings. The molecule has 16 heavy (non-hydrogen) atoms. The van der Waals surface area contributed by atoms with Crippen LogP contribution in [0.4, 0.5) is 0 Å². The molecule has 1 rings (SSSR count). The van der Waals surface area contributed by atoms with Crippen LogP contribution in [0.5, 0.6) is 0 Å². The minimum atomic E-state index is -0.613. The van der Waals surface area contributed by atoms with Gasteiger partial charge in [0.05, 0.1) is 0 Å². The molecular weight excluding hydrogens is 240 g/mol. The zero-order chi connectivity index (χ0) is 12.0. The van der Waals surface area contributed by atoms with Gasteiger partial charge in [-0.2, -0.15) is 0 Å². The molecule has 0 saturated heterocycles. The third kappa shape index (κ3) is 3.10. The zero-order valence-electron chi connectivity index (χ0n) is 10.2. The Labute approximate surface area is 107 Å². The highest BCUT2D eigenvalue weighted by Gasteiger charge is 2.46. The Morgan fingerprint density at radius 1 is 1.19 bits per heavy atom. The van der Waals surface area contributed by atoms with Crippen LogP contribution in [0.15, 0.2) is 0 Å². The summed E-state index contributed by atoms with van der Waals surface area (Å²) < 4.78 is -0.579. The number of carboxylic acid groups (broad SMARTS) is 1. The molecule has 1 aliphatic carbocycles. The van der Waals surface area contributed by atoms with Gasteiger partial charge in [-0.3, -0.25) is 0 Å². The molecule has 0 aliphatic heterocycles. The molecule has 2 nitrogen and oxygen atoms in total. The summed E-state index contributed by atoms with van der Waals surface area (Å²) in [6.45, 7) is 4.11. The van der Waals surface area contributed by atoms with E-state index in [0.29, 0.717) is 5.92 Å². The van der Waals surface area contributed by atoms with Crippen LogP contribution >= 0.6 is 23.5 Å². The van der Waals surface area contributed by atoms with Crippen LogP contribution in [0.25, 0.3) is 0 Å². The Morgan fingerprint density at radius 3 is 2.06 bits per heavy atom. The molecule has 0 amide bonds. The van der Waals surface area contributed by atoms with Crippen LogP contribution in [0.1, 0.15) is 46.0 Å². The van der Waals surface area contributed by atoms with E-state index in [1.54, 1.807) is 23.5 Å². The van der Waals surface area contributed by atoms with Gasteiger partial charge in [0.15, 0.2) is 4.08 Å². The molecule has 4 heteroatoms. The van der Waals surface area contributed by atoms with Crippen molar-refractivity contribution in [3.8, 4) is 0 Å². The molecule has 0 atom stereocenters. The number of hydrogen-bond donors (Lipinski definition) is 1. The quantitative estimate of drug-likeness (QED) is 0.738. The maximum Gasteiger partial charge on any atom is 0.330 e. The van der Waals surface area contributed by atoms with Crippen LogP contribution in [0.3, 0.4) is 0 Å². The SMILES string of the molecule is CCSC(SCC)(C(=O)O)C1CCCCC1. The summed E-state index contributed by atoms with van der Waals surface area (Å²) in [4.78, 5) is 11.7. The predicted molar refractivity (Wildman–Crippen MR) is 73.2 cm³/mol.